The van der Waals surface area contributed by atoms with Crippen LogP contribution >= 0.6 is 0 Å². The van der Waals surface area contributed by atoms with E-state index in [1.807, 2.05) is 48.6 Å². The lowest BCUT2D eigenvalue weighted by molar-refractivity contribution is -0.136. The van der Waals surface area contributed by atoms with Crippen molar-refractivity contribution in [3.05, 3.63) is 83.7 Å². The average molecular weight is 433 g/mol. The first-order chi connectivity index (χ1) is 15.8. The average Bonchev–Trinajstić information content (AvgIpc) is 3.20. The fraction of sp³-hybridized carbons (Fsp3) is 0.429. The zero-order chi connectivity index (χ0) is 22.4. The number of allylic oxidation sites excluding steroid dienone is 5. The summed E-state index contributed by atoms with van der Waals surface area (Å²) in [6, 6.07) is 9.67. The monoisotopic (exact) mass is 432 g/mol. The van der Waals surface area contributed by atoms with E-state index in [-0.39, 0.29) is 0 Å². The summed E-state index contributed by atoms with van der Waals surface area (Å²) < 4.78 is 0. The Balaban J connectivity index is 1.48. The molecule has 2 aliphatic rings. The third-order valence-electron chi connectivity index (χ3n) is 5.89. The lowest BCUT2D eigenvalue weighted by Gasteiger charge is -2.23. The Bertz CT molecular complexity index is 878. The predicted molar refractivity (Wildman–Crippen MR) is 132 cm³/mol. The van der Waals surface area contributed by atoms with Crippen molar-refractivity contribution >= 4 is 11.7 Å². The highest BCUT2D eigenvalue weighted by Crippen LogP contribution is 2.20. The lowest BCUT2D eigenvalue weighted by atomic mass is 10.0. The van der Waals surface area contributed by atoms with Gasteiger partial charge < -0.3 is 9.74 Å². The molecule has 0 fully saturated rings. The minimum atomic E-state index is -0.405. The highest BCUT2D eigenvalue weighted by molar-refractivity contribution is 6.28. The molecule has 0 saturated heterocycles. The van der Waals surface area contributed by atoms with Crippen molar-refractivity contribution in [1.82, 2.24) is 4.90 Å². The molecule has 0 unspecified atom stereocenters. The molecule has 0 radical (unpaired) electrons. The number of nitrogens with zero attached hydrogens (tertiary/aromatic N) is 2. The van der Waals surface area contributed by atoms with Crippen LogP contribution in [0.25, 0.3) is 0 Å². The summed E-state index contributed by atoms with van der Waals surface area (Å²) in [5, 5.41) is 3.98. The molecule has 0 N–H and O–H groups in total. The molecule has 0 spiro atoms. The highest BCUT2D eigenvalue weighted by atomic mass is 16.7. The summed E-state index contributed by atoms with van der Waals surface area (Å²) in [7, 11) is 0. The number of hydrogen-bond acceptors (Lipinski definition) is 4. The van der Waals surface area contributed by atoms with Crippen LogP contribution in [-0.2, 0) is 9.63 Å². The minimum Gasteiger partial charge on any atom is -0.348 e. The Morgan fingerprint density at radius 1 is 0.875 bits per heavy atom. The van der Waals surface area contributed by atoms with Crippen LogP contribution in [0.15, 0.2) is 83.3 Å². The number of hydrogen-bond donors (Lipinski definition) is 0. The van der Waals surface area contributed by atoms with Crippen molar-refractivity contribution < 1.29 is 9.63 Å². The van der Waals surface area contributed by atoms with Crippen LogP contribution in [0.5, 0.6) is 0 Å². The minimum absolute atomic E-state index is 0.405. The van der Waals surface area contributed by atoms with E-state index in [1.54, 1.807) is 0 Å². The maximum absolute atomic E-state index is 12.2. The Labute approximate surface area is 193 Å². The van der Waals surface area contributed by atoms with Gasteiger partial charge in [-0.15, -0.1) is 0 Å². The Hall–Kier alpha value is -2.88. The summed E-state index contributed by atoms with van der Waals surface area (Å²) in [5.74, 6) is -0.405. The summed E-state index contributed by atoms with van der Waals surface area (Å²) in [6.07, 6.45) is 25.4. The smallest absolute Gasteiger partial charge is 0.348 e. The summed E-state index contributed by atoms with van der Waals surface area (Å²) in [4.78, 5) is 19.4. The van der Waals surface area contributed by atoms with E-state index in [1.165, 1.54) is 64.2 Å². The van der Waals surface area contributed by atoms with Crippen molar-refractivity contribution in [3.63, 3.8) is 0 Å². The summed E-state index contributed by atoms with van der Waals surface area (Å²) >= 11 is 0. The molecule has 1 aromatic carbocycles. The van der Waals surface area contributed by atoms with Gasteiger partial charge in [0.1, 0.15) is 5.71 Å². The number of oxime groups is 1. The van der Waals surface area contributed by atoms with E-state index in [9.17, 15) is 4.79 Å². The third kappa shape index (κ3) is 7.37. The Morgan fingerprint density at radius 3 is 2.28 bits per heavy atom. The molecule has 0 bridgehead atoms. The zero-order valence-corrected chi connectivity index (χ0v) is 19.3. The van der Waals surface area contributed by atoms with Gasteiger partial charge in [0.25, 0.3) is 0 Å². The van der Waals surface area contributed by atoms with Gasteiger partial charge in [0.15, 0.2) is 0 Å². The van der Waals surface area contributed by atoms with Gasteiger partial charge in [-0.05, 0) is 30.7 Å². The van der Waals surface area contributed by atoms with Gasteiger partial charge in [-0.25, -0.2) is 4.79 Å². The van der Waals surface area contributed by atoms with E-state index in [0.29, 0.717) is 11.3 Å². The number of rotatable bonds is 13. The molecule has 4 nitrogen and oxygen atoms in total. The molecule has 2 heterocycles. The third-order valence-corrected chi connectivity index (χ3v) is 5.89. The quantitative estimate of drug-likeness (QED) is 0.190. The number of benzene rings is 1. The van der Waals surface area contributed by atoms with Gasteiger partial charge in [-0.2, -0.15) is 0 Å². The highest BCUT2D eigenvalue weighted by Gasteiger charge is 2.26. The second-order valence-electron chi connectivity index (χ2n) is 8.43. The van der Waals surface area contributed by atoms with Gasteiger partial charge >= 0.3 is 5.97 Å². The first kappa shape index (κ1) is 23.8. The molecule has 1 aromatic rings. The fourth-order valence-electron chi connectivity index (χ4n) is 4.02. The van der Waals surface area contributed by atoms with Gasteiger partial charge in [-0.3, -0.25) is 0 Å². The van der Waals surface area contributed by atoms with E-state index in [4.69, 9.17) is 4.84 Å². The topological polar surface area (TPSA) is 41.9 Å². The molecule has 0 aromatic heterocycles. The van der Waals surface area contributed by atoms with Crippen LogP contribution in [0, 0.1) is 0 Å². The molecular formula is C28H36N2O2. The van der Waals surface area contributed by atoms with Crippen molar-refractivity contribution in [2.24, 2.45) is 5.16 Å². The van der Waals surface area contributed by atoms with Crippen LogP contribution in [0.2, 0.25) is 0 Å². The van der Waals surface area contributed by atoms with E-state index in [2.05, 4.69) is 35.3 Å². The first-order valence-corrected chi connectivity index (χ1v) is 12.2. The van der Waals surface area contributed by atoms with Crippen molar-refractivity contribution in [2.45, 2.75) is 71.1 Å². The largest absolute Gasteiger partial charge is 0.368 e. The van der Waals surface area contributed by atoms with E-state index >= 15 is 0 Å². The molecule has 0 saturated carbocycles. The molecule has 170 valence electrons. The molecular weight excluding hydrogens is 396 g/mol. The van der Waals surface area contributed by atoms with Crippen LogP contribution < -0.4 is 0 Å². The van der Waals surface area contributed by atoms with Crippen molar-refractivity contribution in [1.29, 1.82) is 0 Å². The maximum Gasteiger partial charge on any atom is 0.368 e. The molecule has 32 heavy (non-hydrogen) atoms. The Kier molecular flexibility index (Phi) is 10.0. The summed E-state index contributed by atoms with van der Waals surface area (Å²) in [6.45, 7) is 3.25. The van der Waals surface area contributed by atoms with E-state index in [0.717, 1.165) is 17.8 Å². The predicted octanol–water partition coefficient (Wildman–Crippen LogP) is 7.06. The van der Waals surface area contributed by atoms with Crippen LogP contribution in [0.4, 0.5) is 0 Å². The number of carbonyl (C=O) groups excluding carboxylic acids is 1. The molecule has 2 aliphatic heterocycles. The van der Waals surface area contributed by atoms with Gasteiger partial charge in [0.2, 0.25) is 0 Å². The second kappa shape index (κ2) is 13.5. The standard InChI is InChI=1S/C28H36N2O2/c1-2-3-4-5-6-7-8-9-10-15-22-30-23-16-14-19-25(30)20-21-26-27(29-32-28(26)31)24-17-12-11-13-18-24/h11-14,16-21,23H,2-10,15,22H2,1H3. The molecule has 3 rings (SSSR count). The number of unbranched alkanes of at least 4 members (excludes halogenated alkanes) is 9. The van der Waals surface area contributed by atoms with Gasteiger partial charge in [-0.1, -0.05) is 106 Å². The molecule has 0 amide bonds. The Morgan fingerprint density at radius 2 is 1.56 bits per heavy atom. The van der Waals surface area contributed by atoms with Crippen LogP contribution in [0.1, 0.15) is 76.7 Å². The van der Waals surface area contributed by atoms with Gasteiger partial charge in [0.05, 0.1) is 5.57 Å². The number of carbonyl (C=O) groups is 1. The maximum atomic E-state index is 12.2. The lowest BCUT2D eigenvalue weighted by Crippen LogP contribution is -2.18. The zero-order valence-electron chi connectivity index (χ0n) is 19.3. The van der Waals surface area contributed by atoms with E-state index < -0.39 is 5.97 Å². The van der Waals surface area contributed by atoms with Gasteiger partial charge in [0, 0.05) is 24.0 Å². The molecule has 0 atom stereocenters. The molecule has 4 heteroatoms. The second-order valence-corrected chi connectivity index (χ2v) is 8.43. The normalized spacial score (nSPS) is 18.0. The first-order valence-electron chi connectivity index (χ1n) is 12.2. The molecule has 0 aliphatic carbocycles. The van der Waals surface area contributed by atoms with Crippen molar-refractivity contribution in [2.75, 3.05) is 6.54 Å². The van der Waals surface area contributed by atoms with Crippen molar-refractivity contribution in [3.8, 4) is 0 Å². The summed E-state index contributed by atoms with van der Waals surface area (Å²) in [5.41, 5.74) is 3.03. The SMILES string of the molecule is CCCCCCCCCCCCN1C=CC=CC1=CC=C1C(=O)ON=C1c1ccccc1. The fourth-order valence-corrected chi connectivity index (χ4v) is 4.02. The van der Waals surface area contributed by atoms with Crippen LogP contribution in [0.3, 0.4) is 0 Å². The van der Waals surface area contributed by atoms with Crippen LogP contribution in [-0.4, -0.2) is 23.1 Å².